The molecule has 0 saturated heterocycles. The highest BCUT2D eigenvalue weighted by Crippen LogP contribution is 2.26. The van der Waals surface area contributed by atoms with Crippen LogP contribution >= 0.6 is 0 Å². The highest BCUT2D eigenvalue weighted by Gasteiger charge is 2.17. The standard InChI is InChI=1S/C16H17FN6/c1-10(2)23-11(3)19-9-14(23)15-13(17)8-20-16(22-15)21-12-5-4-6-18-7-12/h4-10H,1-3H3,(H,20,21,22). The Morgan fingerprint density at radius 3 is 2.70 bits per heavy atom. The minimum atomic E-state index is -0.483. The maximum absolute atomic E-state index is 14.2. The summed E-state index contributed by atoms with van der Waals surface area (Å²) in [5, 5.41) is 3.02. The first-order valence-electron chi connectivity index (χ1n) is 7.30. The van der Waals surface area contributed by atoms with E-state index in [2.05, 4.69) is 25.3 Å². The van der Waals surface area contributed by atoms with Crippen molar-refractivity contribution in [3.63, 3.8) is 0 Å². The Balaban J connectivity index is 2.02. The highest BCUT2D eigenvalue weighted by molar-refractivity contribution is 5.59. The number of imidazole rings is 1. The van der Waals surface area contributed by atoms with E-state index in [1.165, 1.54) is 0 Å². The Bertz CT molecular complexity index is 813. The average Bonchev–Trinajstić information content (AvgIpc) is 2.92. The first kappa shape index (κ1) is 15.1. The van der Waals surface area contributed by atoms with Crippen molar-refractivity contribution in [1.29, 1.82) is 0 Å². The third kappa shape index (κ3) is 3.03. The van der Waals surface area contributed by atoms with E-state index < -0.39 is 5.82 Å². The number of hydrogen-bond donors (Lipinski definition) is 1. The smallest absolute Gasteiger partial charge is 0.228 e. The van der Waals surface area contributed by atoms with Gasteiger partial charge in [0.25, 0.3) is 0 Å². The van der Waals surface area contributed by atoms with E-state index in [0.29, 0.717) is 11.6 Å². The van der Waals surface area contributed by atoms with Crippen molar-refractivity contribution in [2.24, 2.45) is 0 Å². The summed E-state index contributed by atoms with van der Waals surface area (Å²) < 4.78 is 16.2. The molecule has 0 saturated carbocycles. The number of pyridine rings is 1. The molecule has 3 rings (SSSR count). The first-order valence-corrected chi connectivity index (χ1v) is 7.30. The van der Waals surface area contributed by atoms with Gasteiger partial charge < -0.3 is 9.88 Å². The summed E-state index contributed by atoms with van der Waals surface area (Å²) >= 11 is 0. The Hall–Kier alpha value is -2.83. The van der Waals surface area contributed by atoms with E-state index in [-0.39, 0.29) is 11.7 Å². The zero-order valence-electron chi connectivity index (χ0n) is 13.2. The van der Waals surface area contributed by atoms with Crippen molar-refractivity contribution in [2.75, 3.05) is 5.32 Å². The maximum atomic E-state index is 14.2. The second kappa shape index (κ2) is 6.12. The van der Waals surface area contributed by atoms with Crippen molar-refractivity contribution in [3.8, 4) is 11.4 Å². The highest BCUT2D eigenvalue weighted by atomic mass is 19.1. The van der Waals surface area contributed by atoms with Gasteiger partial charge in [-0.1, -0.05) is 0 Å². The molecule has 6 nitrogen and oxygen atoms in total. The van der Waals surface area contributed by atoms with Gasteiger partial charge in [0.2, 0.25) is 5.95 Å². The summed E-state index contributed by atoms with van der Waals surface area (Å²) in [5.74, 6) is 0.641. The van der Waals surface area contributed by atoms with Crippen molar-refractivity contribution in [3.05, 3.63) is 48.6 Å². The van der Waals surface area contributed by atoms with Crippen LogP contribution in [0.25, 0.3) is 11.4 Å². The third-order valence-electron chi connectivity index (χ3n) is 3.40. The second-order valence-corrected chi connectivity index (χ2v) is 5.41. The maximum Gasteiger partial charge on any atom is 0.228 e. The molecule has 3 aromatic rings. The number of anilines is 2. The number of nitrogens with one attached hydrogen (secondary N) is 1. The molecule has 0 fully saturated rings. The summed E-state index contributed by atoms with van der Waals surface area (Å²) in [6.07, 6.45) is 6.11. The fraction of sp³-hybridized carbons (Fsp3) is 0.250. The van der Waals surface area contributed by atoms with E-state index in [1.807, 2.05) is 31.4 Å². The lowest BCUT2D eigenvalue weighted by Gasteiger charge is -2.14. The van der Waals surface area contributed by atoms with Crippen LogP contribution in [0, 0.1) is 12.7 Å². The van der Waals surface area contributed by atoms with Crippen molar-refractivity contribution in [2.45, 2.75) is 26.8 Å². The summed E-state index contributed by atoms with van der Waals surface area (Å²) in [5.41, 5.74) is 1.59. The van der Waals surface area contributed by atoms with Crippen LogP contribution in [0.5, 0.6) is 0 Å². The summed E-state index contributed by atoms with van der Waals surface area (Å²) in [6.45, 7) is 5.93. The summed E-state index contributed by atoms with van der Waals surface area (Å²) in [6, 6.07) is 3.78. The Morgan fingerprint density at radius 1 is 1.17 bits per heavy atom. The van der Waals surface area contributed by atoms with Gasteiger partial charge in [0.15, 0.2) is 5.82 Å². The summed E-state index contributed by atoms with van der Waals surface area (Å²) in [4.78, 5) is 16.6. The van der Waals surface area contributed by atoms with Crippen LogP contribution in [0.3, 0.4) is 0 Å². The number of nitrogens with zero attached hydrogens (tertiary/aromatic N) is 5. The van der Waals surface area contributed by atoms with E-state index in [1.54, 1.807) is 24.7 Å². The quantitative estimate of drug-likeness (QED) is 0.798. The molecule has 118 valence electrons. The Morgan fingerprint density at radius 2 is 2.00 bits per heavy atom. The molecule has 0 aromatic carbocycles. The first-order chi connectivity index (χ1) is 11.1. The molecule has 7 heteroatoms. The zero-order valence-corrected chi connectivity index (χ0v) is 13.2. The van der Waals surface area contributed by atoms with E-state index in [4.69, 9.17) is 0 Å². The molecule has 0 atom stereocenters. The Labute approximate surface area is 133 Å². The predicted molar refractivity (Wildman–Crippen MR) is 85.9 cm³/mol. The average molecular weight is 312 g/mol. The minimum absolute atomic E-state index is 0.150. The topological polar surface area (TPSA) is 68.5 Å². The second-order valence-electron chi connectivity index (χ2n) is 5.41. The minimum Gasteiger partial charge on any atom is -0.324 e. The van der Waals surface area contributed by atoms with Crippen LogP contribution in [0.1, 0.15) is 25.7 Å². The van der Waals surface area contributed by atoms with Crippen LogP contribution in [0.4, 0.5) is 16.0 Å². The number of aryl methyl sites for hydroxylation is 1. The SMILES string of the molecule is Cc1ncc(-c2nc(Nc3cccnc3)ncc2F)n1C(C)C. The van der Waals surface area contributed by atoms with Crippen molar-refractivity contribution in [1.82, 2.24) is 24.5 Å². The van der Waals surface area contributed by atoms with Crippen LogP contribution < -0.4 is 5.32 Å². The van der Waals surface area contributed by atoms with E-state index in [0.717, 1.165) is 17.7 Å². The molecule has 0 bridgehead atoms. The fourth-order valence-corrected chi connectivity index (χ4v) is 2.45. The van der Waals surface area contributed by atoms with Crippen LogP contribution in [-0.2, 0) is 0 Å². The van der Waals surface area contributed by atoms with E-state index in [9.17, 15) is 4.39 Å². The molecule has 0 unspecified atom stereocenters. The molecule has 0 radical (unpaired) electrons. The molecule has 23 heavy (non-hydrogen) atoms. The molecule has 0 spiro atoms. The number of rotatable bonds is 4. The molecule has 3 aromatic heterocycles. The predicted octanol–water partition coefficient (Wildman–Crippen LogP) is 3.51. The van der Waals surface area contributed by atoms with E-state index >= 15 is 0 Å². The van der Waals surface area contributed by atoms with Crippen LogP contribution in [-0.4, -0.2) is 24.5 Å². The fourth-order valence-electron chi connectivity index (χ4n) is 2.45. The third-order valence-corrected chi connectivity index (χ3v) is 3.40. The largest absolute Gasteiger partial charge is 0.324 e. The molecule has 1 N–H and O–H groups in total. The van der Waals surface area contributed by atoms with Crippen LogP contribution in [0.2, 0.25) is 0 Å². The van der Waals surface area contributed by atoms with Gasteiger partial charge in [-0.3, -0.25) is 4.98 Å². The van der Waals surface area contributed by atoms with Crippen molar-refractivity contribution >= 4 is 11.6 Å². The van der Waals surface area contributed by atoms with Gasteiger partial charge in [0.1, 0.15) is 11.5 Å². The zero-order chi connectivity index (χ0) is 16.4. The number of aromatic nitrogens is 5. The molecule has 0 amide bonds. The lowest BCUT2D eigenvalue weighted by atomic mass is 10.2. The number of hydrogen-bond acceptors (Lipinski definition) is 5. The van der Waals surface area contributed by atoms with Gasteiger partial charge in [0.05, 0.1) is 30.0 Å². The van der Waals surface area contributed by atoms with Gasteiger partial charge in [-0.25, -0.2) is 19.3 Å². The molecule has 0 aliphatic heterocycles. The summed E-state index contributed by atoms with van der Waals surface area (Å²) in [7, 11) is 0. The number of halogens is 1. The lowest BCUT2D eigenvalue weighted by Crippen LogP contribution is -2.08. The van der Waals surface area contributed by atoms with Gasteiger partial charge in [-0.15, -0.1) is 0 Å². The normalized spacial score (nSPS) is 11.0. The molecular formula is C16H17FN6. The molecular weight excluding hydrogens is 295 g/mol. The van der Waals surface area contributed by atoms with Gasteiger partial charge >= 0.3 is 0 Å². The monoisotopic (exact) mass is 312 g/mol. The lowest BCUT2D eigenvalue weighted by molar-refractivity contribution is 0.578. The van der Waals surface area contributed by atoms with Gasteiger partial charge in [-0.2, -0.15) is 0 Å². The van der Waals surface area contributed by atoms with Crippen LogP contribution in [0.15, 0.2) is 36.9 Å². The molecule has 0 aliphatic rings. The molecule has 3 heterocycles. The van der Waals surface area contributed by atoms with Gasteiger partial charge in [0, 0.05) is 12.2 Å². The molecule has 0 aliphatic carbocycles. The van der Waals surface area contributed by atoms with Gasteiger partial charge in [-0.05, 0) is 32.9 Å². The Kier molecular flexibility index (Phi) is 4.01. The van der Waals surface area contributed by atoms with Crippen molar-refractivity contribution < 1.29 is 4.39 Å².